The van der Waals surface area contributed by atoms with Crippen LogP contribution in [0.2, 0.25) is 0 Å². The maximum atomic E-state index is 13.3. The van der Waals surface area contributed by atoms with E-state index in [9.17, 15) is 24.0 Å². The van der Waals surface area contributed by atoms with Gasteiger partial charge in [0.1, 0.15) is 24.2 Å². The van der Waals surface area contributed by atoms with Crippen LogP contribution < -0.4 is 0 Å². The number of esters is 5. The molecule has 0 fully saturated rings. The summed E-state index contributed by atoms with van der Waals surface area (Å²) in [6, 6.07) is 0. The SMILES string of the molecule is CCCCCCCCCCCCCC(=O)OC(c1cnco1)c1nc(C(CC(OC(=O)CCCC)C(OC(=O)CCCC)C(C)OC(=O)CCCC)OC(=O)CCCC)co1. The number of oxazole rings is 2. The van der Waals surface area contributed by atoms with Gasteiger partial charge in [0.05, 0.1) is 6.20 Å². The lowest BCUT2D eigenvalue weighted by Gasteiger charge is -2.32. The first-order chi connectivity index (χ1) is 29.6. The molecule has 346 valence electrons. The van der Waals surface area contributed by atoms with Crippen LogP contribution in [0.5, 0.6) is 0 Å². The van der Waals surface area contributed by atoms with Gasteiger partial charge < -0.3 is 32.5 Å². The van der Waals surface area contributed by atoms with Crippen LogP contribution in [0, 0.1) is 0 Å². The highest BCUT2D eigenvalue weighted by Gasteiger charge is 2.40. The summed E-state index contributed by atoms with van der Waals surface area (Å²) >= 11 is 0. The average molecular weight is 861 g/mol. The summed E-state index contributed by atoms with van der Waals surface area (Å²) in [5.41, 5.74) is 0.129. The molecule has 0 aliphatic heterocycles. The molecule has 2 aromatic heterocycles. The molecule has 5 unspecified atom stereocenters. The Labute approximate surface area is 364 Å². The highest BCUT2D eigenvalue weighted by atomic mass is 16.6. The second-order valence-corrected chi connectivity index (χ2v) is 16.0. The van der Waals surface area contributed by atoms with Crippen LogP contribution in [-0.2, 0) is 47.7 Å². The number of unbranched alkanes of at least 4 members (excludes halogenated alkanes) is 14. The van der Waals surface area contributed by atoms with Crippen molar-refractivity contribution in [2.24, 2.45) is 0 Å². The van der Waals surface area contributed by atoms with E-state index in [1.165, 1.54) is 63.8 Å². The van der Waals surface area contributed by atoms with E-state index in [2.05, 4.69) is 16.9 Å². The fourth-order valence-electron chi connectivity index (χ4n) is 6.72. The summed E-state index contributed by atoms with van der Waals surface area (Å²) < 4.78 is 41.1. The Bertz CT molecular complexity index is 1490. The van der Waals surface area contributed by atoms with Gasteiger partial charge in [-0.25, -0.2) is 9.97 Å². The van der Waals surface area contributed by atoms with Gasteiger partial charge >= 0.3 is 29.8 Å². The Kier molecular flexibility index (Phi) is 28.2. The molecule has 0 saturated carbocycles. The van der Waals surface area contributed by atoms with Crippen LogP contribution in [0.1, 0.15) is 232 Å². The van der Waals surface area contributed by atoms with Crippen LogP contribution in [0.3, 0.4) is 0 Å². The second kappa shape index (κ2) is 32.5. The van der Waals surface area contributed by atoms with E-state index in [1.807, 2.05) is 27.7 Å². The third kappa shape index (κ3) is 22.4. The van der Waals surface area contributed by atoms with E-state index in [-0.39, 0.29) is 55.9 Å². The first-order valence-electron chi connectivity index (χ1n) is 23.4. The zero-order valence-corrected chi connectivity index (χ0v) is 38.1. The van der Waals surface area contributed by atoms with Crippen LogP contribution in [-0.4, -0.2) is 58.1 Å². The fourth-order valence-corrected chi connectivity index (χ4v) is 6.72. The molecule has 0 N–H and O–H groups in total. The first-order valence-corrected chi connectivity index (χ1v) is 23.4. The predicted molar refractivity (Wildman–Crippen MR) is 229 cm³/mol. The molecule has 0 aliphatic rings. The maximum Gasteiger partial charge on any atom is 0.307 e. The molecule has 2 aromatic rings. The van der Waals surface area contributed by atoms with E-state index < -0.39 is 60.4 Å². The minimum Gasteiger partial charge on any atom is -0.459 e. The summed E-state index contributed by atoms with van der Waals surface area (Å²) in [5.74, 6) is -2.47. The van der Waals surface area contributed by atoms with Crippen LogP contribution >= 0.6 is 0 Å². The molecule has 0 amide bonds. The number of carbonyl (C=O) groups is 5. The van der Waals surface area contributed by atoms with Gasteiger partial charge in [0.25, 0.3) is 0 Å². The fraction of sp³-hybridized carbons (Fsp3) is 0.766. The zero-order chi connectivity index (χ0) is 44.7. The third-order valence-electron chi connectivity index (χ3n) is 10.4. The molecule has 0 saturated heterocycles. The van der Waals surface area contributed by atoms with Crippen molar-refractivity contribution in [3.05, 3.63) is 36.2 Å². The molecule has 2 heterocycles. The predicted octanol–water partition coefficient (Wildman–Crippen LogP) is 11.5. The van der Waals surface area contributed by atoms with Crippen molar-refractivity contribution in [2.75, 3.05) is 0 Å². The van der Waals surface area contributed by atoms with Crippen molar-refractivity contribution in [1.82, 2.24) is 9.97 Å². The van der Waals surface area contributed by atoms with Gasteiger partial charge in [0.2, 0.25) is 12.0 Å². The van der Waals surface area contributed by atoms with Crippen molar-refractivity contribution in [2.45, 2.75) is 233 Å². The van der Waals surface area contributed by atoms with Gasteiger partial charge in [-0.1, -0.05) is 125 Å². The van der Waals surface area contributed by atoms with Crippen LogP contribution in [0.15, 0.2) is 27.7 Å². The Morgan fingerprint density at radius 2 is 1.00 bits per heavy atom. The molecule has 0 aliphatic carbocycles. The van der Waals surface area contributed by atoms with Gasteiger partial charge in [0, 0.05) is 38.5 Å². The molecule has 14 nitrogen and oxygen atoms in total. The van der Waals surface area contributed by atoms with Crippen LogP contribution in [0.25, 0.3) is 0 Å². The molecular weight excluding hydrogens is 785 g/mol. The van der Waals surface area contributed by atoms with E-state index in [4.69, 9.17) is 32.5 Å². The van der Waals surface area contributed by atoms with Crippen molar-refractivity contribution in [3.63, 3.8) is 0 Å². The Morgan fingerprint density at radius 1 is 0.541 bits per heavy atom. The van der Waals surface area contributed by atoms with Crippen molar-refractivity contribution >= 4 is 29.8 Å². The van der Waals surface area contributed by atoms with Gasteiger partial charge in [-0.05, 0) is 39.0 Å². The van der Waals surface area contributed by atoms with E-state index in [0.29, 0.717) is 32.1 Å². The number of hydrogen-bond acceptors (Lipinski definition) is 14. The normalized spacial score (nSPS) is 13.7. The number of nitrogens with zero attached hydrogens (tertiary/aromatic N) is 2. The number of hydrogen-bond donors (Lipinski definition) is 0. The molecule has 2 rings (SSSR count). The monoisotopic (exact) mass is 861 g/mol. The smallest absolute Gasteiger partial charge is 0.307 e. The highest BCUT2D eigenvalue weighted by Crippen LogP contribution is 2.33. The zero-order valence-electron chi connectivity index (χ0n) is 38.1. The molecule has 0 spiro atoms. The number of aromatic nitrogens is 2. The maximum absolute atomic E-state index is 13.3. The summed E-state index contributed by atoms with van der Waals surface area (Å²) in [4.78, 5) is 74.4. The third-order valence-corrected chi connectivity index (χ3v) is 10.4. The molecule has 5 atom stereocenters. The second-order valence-electron chi connectivity index (χ2n) is 16.0. The van der Waals surface area contributed by atoms with Gasteiger partial charge in [-0.3, -0.25) is 24.0 Å². The molecule has 0 radical (unpaired) electrons. The van der Waals surface area contributed by atoms with E-state index in [1.54, 1.807) is 6.92 Å². The summed E-state index contributed by atoms with van der Waals surface area (Å²) in [6.07, 6.45) is 16.3. The molecule has 61 heavy (non-hydrogen) atoms. The Morgan fingerprint density at radius 3 is 1.52 bits per heavy atom. The summed E-state index contributed by atoms with van der Waals surface area (Å²) in [7, 11) is 0. The Hall–Kier alpha value is -4.23. The molecule has 0 aromatic carbocycles. The lowest BCUT2D eigenvalue weighted by Crippen LogP contribution is -2.45. The van der Waals surface area contributed by atoms with Gasteiger partial charge in [-0.15, -0.1) is 0 Å². The van der Waals surface area contributed by atoms with Crippen LogP contribution in [0.4, 0.5) is 0 Å². The lowest BCUT2D eigenvalue weighted by atomic mass is 10.00. The van der Waals surface area contributed by atoms with E-state index in [0.717, 1.165) is 44.9 Å². The van der Waals surface area contributed by atoms with Crippen molar-refractivity contribution in [1.29, 1.82) is 0 Å². The standard InChI is InChI=1S/C47H76N2O12/c1-7-12-17-18-19-20-21-22-23-24-25-30-44(54)61-46(39-32-48-34-56-39)47-49-36(33-55-47)37(58-41(51)27-14-9-3)31-38(59-42(52)28-15-10-4)45(60-43(53)29-16-11-5)35(6)57-40(50)26-13-8-2/h32-35,37-38,45-46H,7-31H2,1-6H3. The number of carbonyl (C=O) groups excluding carboxylic acids is 5. The quantitative estimate of drug-likeness (QED) is 0.0358. The lowest BCUT2D eigenvalue weighted by molar-refractivity contribution is -0.188. The van der Waals surface area contributed by atoms with Crippen molar-refractivity contribution in [3.8, 4) is 0 Å². The molecule has 0 bridgehead atoms. The minimum absolute atomic E-state index is 0.0501. The number of ether oxygens (including phenoxy) is 5. The Balaban J connectivity index is 2.38. The van der Waals surface area contributed by atoms with Crippen molar-refractivity contribution < 1.29 is 56.5 Å². The first kappa shape index (κ1) is 52.9. The average Bonchev–Trinajstić information content (AvgIpc) is 3.97. The molecule has 14 heteroatoms. The molecular formula is C47H76N2O12. The summed E-state index contributed by atoms with van der Waals surface area (Å²) in [5, 5.41) is 0. The largest absolute Gasteiger partial charge is 0.459 e. The minimum atomic E-state index is -1.25. The van der Waals surface area contributed by atoms with Gasteiger partial charge in [0.15, 0.2) is 24.4 Å². The highest BCUT2D eigenvalue weighted by molar-refractivity contribution is 5.72. The van der Waals surface area contributed by atoms with Gasteiger partial charge in [-0.2, -0.15) is 0 Å². The number of rotatable bonds is 36. The topological polar surface area (TPSA) is 184 Å². The summed E-state index contributed by atoms with van der Waals surface area (Å²) in [6.45, 7) is 11.6. The van der Waals surface area contributed by atoms with E-state index >= 15 is 0 Å².